The average Bonchev–Trinajstić information content (AvgIpc) is 2.92. The molecule has 2 aromatic rings. The summed E-state index contributed by atoms with van der Waals surface area (Å²) in [5.41, 5.74) is 1.72. The van der Waals surface area contributed by atoms with E-state index in [2.05, 4.69) is 17.6 Å². The third-order valence-electron chi connectivity index (χ3n) is 6.84. The molecule has 0 saturated carbocycles. The minimum absolute atomic E-state index is 0.173. The average molecular weight is 523 g/mol. The number of nitrogens with one attached hydrogen (secondary N) is 2. The first-order chi connectivity index (χ1) is 18.5. The van der Waals surface area contributed by atoms with Gasteiger partial charge in [0.05, 0.1) is 0 Å². The maximum absolute atomic E-state index is 13.2. The van der Waals surface area contributed by atoms with Crippen LogP contribution in [0.2, 0.25) is 0 Å². The summed E-state index contributed by atoms with van der Waals surface area (Å²) in [5.74, 6) is -1.76. The van der Waals surface area contributed by atoms with Crippen molar-refractivity contribution in [2.75, 3.05) is 0 Å². The first-order valence-corrected chi connectivity index (χ1v) is 14.4. The minimum Gasteiger partial charge on any atom is -0.480 e. The first-order valence-electron chi connectivity index (χ1n) is 14.4. The highest BCUT2D eigenvalue weighted by atomic mass is 16.4. The van der Waals surface area contributed by atoms with Crippen LogP contribution in [0, 0.1) is 0 Å². The second-order valence-electron chi connectivity index (χ2n) is 10.2. The Morgan fingerprint density at radius 1 is 0.632 bits per heavy atom. The van der Waals surface area contributed by atoms with Gasteiger partial charge in [-0.3, -0.25) is 9.59 Å². The number of carbonyl (C=O) groups excluding carboxylic acids is 2. The van der Waals surface area contributed by atoms with Crippen molar-refractivity contribution < 1.29 is 19.5 Å². The van der Waals surface area contributed by atoms with Crippen molar-refractivity contribution in [3.63, 3.8) is 0 Å². The van der Waals surface area contributed by atoms with E-state index in [-0.39, 0.29) is 12.3 Å². The van der Waals surface area contributed by atoms with Gasteiger partial charge in [0.15, 0.2) is 0 Å². The highest BCUT2D eigenvalue weighted by Gasteiger charge is 2.27. The van der Waals surface area contributed by atoms with Gasteiger partial charge in [-0.15, -0.1) is 0 Å². The van der Waals surface area contributed by atoms with Crippen molar-refractivity contribution in [3.05, 3.63) is 71.8 Å². The third kappa shape index (κ3) is 13.4. The highest BCUT2D eigenvalue weighted by Crippen LogP contribution is 2.12. The molecule has 38 heavy (non-hydrogen) atoms. The van der Waals surface area contributed by atoms with Crippen LogP contribution in [0.3, 0.4) is 0 Å². The Morgan fingerprint density at radius 2 is 1.08 bits per heavy atom. The molecule has 208 valence electrons. The Morgan fingerprint density at radius 3 is 1.55 bits per heavy atom. The molecule has 0 aliphatic rings. The summed E-state index contributed by atoms with van der Waals surface area (Å²) in [5, 5.41) is 15.2. The lowest BCUT2D eigenvalue weighted by molar-refractivity contribution is -0.142. The number of carboxylic acids is 1. The van der Waals surface area contributed by atoms with Crippen molar-refractivity contribution in [2.45, 2.75) is 109 Å². The normalized spacial score (nSPS) is 12.4. The molecule has 6 nitrogen and oxygen atoms in total. The van der Waals surface area contributed by atoms with E-state index >= 15 is 0 Å². The number of carbonyl (C=O) groups is 3. The van der Waals surface area contributed by atoms with Gasteiger partial charge in [-0.1, -0.05) is 132 Å². The van der Waals surface area contributed by atoms with Crippen molar-refractivity contribution >= 4 is 17.8 Å². The molecule has 6 heteroatoms. The van der Waals surface area contributed by atoms with E-state index in [0.717, 1.165) is 30.4 Å². The molecule has 2 atom stereocenters. The predicted molar refractivity (Wildman–Crippen MR) is 153 cm³/mol. The number of rotatable bonds is 20. The molecular formula is C32H46N2O4. The summed E-state index contributed by atoms with van der Waals surface area (Å²) in [6.45, 7) is 2.24. The van der Waals surface area contributed by atoms with Crippen LogP contribution < -0.4 is 10.6 Å². The molecule has 0 saturated heterocycles. The van der Waals surface area contributed by atoms with Gasteiger partial charge in [-0.05, 0) is 17.5 Å². The standard InChI is InChI=1S/C32H46N2O4/c1-2-3-4-5-6-7-8-9-10-11-18-23-30(35)33-28(24-26-19-14-12-15-20-26)31(36)34-29(32(37)38)25-27-21-16-13-17-22-27/h12-17,19-22,28-29H,2-11,18,23-25H2,1H3,(H,33,35)(H,34,36)(H,37,38)/t28-,29-/m0/s1. The molecule has 0 heterocycles. The van der Waals surface area contributed by atoms with Gasteiger partial charge in [0.1, 0.15) is 12.1 Å². The lowest BCUT2D eigenvalue weighted by atomic mass is 10.0. The van der Waals surface area contributed by atoms with Crippen LogP contribution in [0.5, 0.6) is 0 Å². The summed E-state index contributed by atoms with van der Waals surface area (Å²) < 4.78 is 0. The van der Waals surface area contributed by atoms with E-state index in [9.17, 15) is 19.5 Å². The van der Waals surface area contributed by atoms with Crippen LogP contribution in [0.1, 0.15) is 95.1 Å². The van der Waals surface area contributed by atoms with Crippen LogP contribution in [0.4, 0.5) is 0 Å². The van der Waals surface area contributed by atoms with E-state index in [1.54, 1.807) is 0 Å². The lowest BCUT2D eigenvalue weighted by Gasteiger charge is -2.22. The van der Waals surface area contributed by atoms with E-state index in [1.165, 1.54) is 51.4 Å². The van der Waals surface area contributed by atoms with Gasteiger partial charge in [0.2, 0.25) is 11.8 Å². The monoisotopic (exact) mass is 522 g/mol. The number of hydrogen-bond donors (Lipinski definition) is 3. The van der Waals surface area contributed by atoms with Gasteiger partial charge in [0, 0.05) is 19.3 Å². The zero-order valence-electron chi connectivity index (χ0n) is 23.0. The van der Waals surface area contributed by atoms with Crippen molar-refractivity contribution in [1.29, 1.82) is 0 Å². The fourth-order valence-corrected chi connectivity index (χ4v) is 4.60. The van der Waals surface area contributed by atoms with Crippen LogP contribution >= 0.6 is 0 Å². The largest absolute Gasteiger partial charge is 0.480 e. The number of benzene rings is 2. The summed E-state index contributed by atoms with van der Waals surface area (Å²) in [6.07, 6.45) is 14.1. The van der Waals surface area contributed by atoms with Crippen molar-refractivity contribution in [1.82, 2.24) is 10.6 Å². The molecule has 0 aliphatic carbocycles. The Labute approximate surface area is 228 Å². The molecule has 0 unspecified atom stereocenters. The second-order valence-corrected chi connectivity index (χ2v) is 10.2. The molecule has 0 spiro atoms. The van der Waals surface area contributed by atoms with Gasteiger partial charge < -0.3 is 15.7 Å². The number of unbranched alkanes of at least 4 members (excludes halogenated alkanes) is 10. The maximum Gasteiger partial charge on any atom is 0.326 e. The smallest absolute Gasteiger partial charge is 0.326 e. The molecule has 3 N–H and O–H groups in total. The first kappa shape index (κ1) is 31.1. The molecule has 2 amide bonds. The summed E-state index contributed by atoms with van der Waals surface area (Å²) in [4.78, 5) is 37.7. The zero-order chi connectivity index (χ0) is 27.4. The summed E-state index contributed by atoms with van der Waals surface area (Å²) in [7, 11) is 0. The SMILES string of the molecule is CCCCCCCCCCCCCC(=O)N[C@@H](Cc1ccccc1)C(=O)N[C@@H](Cc1ccccc1)C(=O)O. The van der Waals surface area contributed by atoms with Crippen molar-refractivity contribution in [3.8, 4) is 0 Å². The van der Waals surface area contributed by atoms with Crippen molar-refractivity contribution in [2.24, 2.45) is 0 Å². The predicted octanol–water partition coefficient (Wildman–Crippen LogP) is 6.23. The lowest BCUT2D eigenvalue weighted by Crippen LogP contribution is -2.53. The van der Waals surface area contributed by atoms with Crippen LogP contribution in [-0.2, 0) is 27.2 Å². The van der Waals surface area contributed by atoms with E-state index in [1.807, 2.05) is 60.7 Å². The Balaban J connectivity index is 1.81. The molecule has 0 radical (unpaired) electrons. The molecular weight excluding hydrogens is 476 g/mol. The topological polar surface area (TPSA) is 95.5 Å². The maximum atomic E-state index is 13.2. The van der Waals surface area contributed by atoms with Gasteiger partial charge in [0.25, 0.3) is 0 Å². The van der Waals surface area contributed by atoms with E-state index in [4.69, 9.17) is 0 Å². The Kier molecular flexibility index (Phi) is 15.5. The fourth-order valence-electron chi connectivity index (χ4n) is 4.60. The number of carboxylic acid groups (broad SMARTS) is 1. The fraction of sp³-hybridized carbons (Fsp3) is 0.531. The number of hydrogen-bond acceptors (Lipinski definition) is 3. The van der Waals surface area contributed by atoms with Crippen LogP contribution in [-0.4, -0.2) is 35.0 Å². The molecule has 2 rings (SSSR count). The molecule has 0 fully saturated rings. The molecule has 0 aromatic heterocycles. The molecule has 0 bridgehead atoms. The van der Waals surface area contributed by atoms with Gasteiger partial charge in [-0.2, -0.15) is 0 Å². The number of aliphatic carboxylic acids is 1. The summed E-state index contributed by atoms with van der Waals surface area (Å²) in [6, 6.07) is 16.7. The van der Waals surface area contributed by atoms with Gasteiger partial charge in [-0.25, -0.2) is 4.79 Å². The zero-order valence-corrected chi connectivity index (χ0v) is 23.0. The Bertz CT molecular complexity index is 933. The van der Waals surface area contributed by atoms with Crippen LogP contribution in [0.25, 0.3) is 0 Å². The number of amides is 2. The summed E-state index contributed by atoms with van der Waals surface area (Å²) >= 11 is 0. The Hall–Kier alpha value is -3.15. The molecule has 2 aromatic carbocycles. The quantitative estimate of drug-likeness (QED) is 0.180. The van der Waals surface area contributed by atoms with E-state index in [0.29, 0.717) is 12.8 Å². The second kappa shape index (κ2) is 19.0. The van der Waals surface area contributed by atoms with Gasteiger partial charge >= 0.3 is 5.97 Å². The minimum atomic E-state index is -1.10. The third-order valence-corrected chi connectivity index (χ3v) is 6.84. The highest BCUT2D eigenvalue weighted by molar-refractivity contribution is 5.90. The molecule has 0 aliphatic heterocycles. The van der Waals surface area contributed by atoms with Crippen LogP contribution in [0.15, 0.2) is 60.7 Å². The van der Waals surface area contributed by atoms with E-state index < -0.39 is 24.0 Å².